The molecule has 29 heavy (non-hydrogen) atoms. The molecular formula is C20H15F3N2O3S. The Bertz CT molecular complexity index is 1040. The summed E-state index contributed by atoms with van der Waals surface area (Å²) < 4.78 is 43.3. The molecule has 9 heteroatoms. The van der Waals surface area contributed by atoms with Gasteiger partial charge in [-0.05, 0) is 37.9 Å². The molecule has 1 aromatic heterocycles. The molecule has 1 N–H and O–H groups in total. The summed E-state index contributed by atoms with van der Waals surface area (Å²) in [5.41, 5.74) is -0.870. The number of carbonyl (C=O) groups is 2. The SMILES string of the molecule is CC1(C)CC(=O)C(=CC(=C=N)c2nc(-c3ccc(C(F)(F)F)cc3)cs2)C(=O)O1. The van der Waals surface area contributed by atoms with Gasteiger partial charge in [0.2, 0.25) is 0 Å². The molecule has 150 valence electrons. The first-order valence-electron chi connectivity index (χ1n) is 8.41. The number of hydrogen-bond donors (Lipinski definition) is 1. The number of alkyl halides is 3. The minimum atomic E-state index is -4.43. The highest BCUT2D eigenvalue weighted by molar-refractivity contribution is 7.11. The summed E-state index contributed by atoms with van der Waals surface area (Å²) in [4.78, 5) is 28.7. The van der Waals surface area contributed by atoms with E-state index in [2.05, 4.69) is 10.9 Å². The number of nitrogens with zero attached hydrogens (tertiary/aromatic N) is 1. The summed E-state index contributed by atoms with van der Waals surface area (Å²) in [6, 6.07) is 4.53. The van der Waals surface area contributed by atoms with Gasteiger partial charge in [0.05, 0.1) is 23.3 Å². The molecule has 0 atom stereocenters. The monoisotopic (exact) mass is 420 g/mol. The average molecular weight is 420 g/mol. The van der Waals surface area contributed by atoms with E-state index in [1.807, 2.05) is 0 Å². The Morgan fingerprint density at radius 1 is 1.28 bits per heavy atom. The fourth-order valence-electron chi connectivity index (χ4n) is 2.73. The van der Waals surface area contributed by atoms with Crippen LogP contribution in [-0.2, 0) is 20.5 Å². The van der Waals surface area contributed by atoms with E-state index in [4.69, 9.17) is 10.1 Å². The van der Waals surface area contributed by atoms with Crippen molar-refractivity contribution in [1.29, 1.82) is 5.41 Å². The van der Waals surface area contributed by atoms with Gasteiger partial charge in [-0.2, -0.15) is 13.2 Å². The van der Waals surface area contributed by atoms with E-state index < -0.39 is 29.1 Å². The predicted octanol–water partition coefficient (Wildman–Crippen LogP) is 4.68. The van der Waals surface area contributed by atoms with Crippen molar-refractivity contribution in [3.63, 3.8) is 0 Å². The number of benzene rings is 1. The van der Waals surface area contributed by atoms with Crippen molar-refractivity contribution >= 4 is 34.5 Å². The number of ketones is 1. The Kier molecular flexibility index (Phi) is 5.30. The van der Waals surface area contributed by atoms with Gasteiger partial charge in [0.1, 0.15) is 16.2 Å². The van der Waals surface area contributed by atoms with E-state index in [0.29, 0.717) is 16.3 Å². The Hall–Kier alpha value is -3.03. The van der Waals surface area contributed by atoms with Crippen LogP contribution in [-0.4, -0.2) is 28.2 Å². The summed E-state index contributed by atoms with van der Waals surface area (Å²) in [6.07, 6.45) is -3.20. The molecule has 5 nitrogen and oxygen atoms in total. The maximum atomic E-state index is 12.7. The Morgan fingerprint density at radius 3 is 2.48 bits per heavy atom. The number of cyclic esters (lactones) is 1. The van der Waals surface area contributed by atoms with Gasteiger partial charge in [-0.15, -0.1) is 11.3 Å². The van der Waals surface area contributed by atoms with Crippen LogP contribution in [0.5, 0.6) is 0 Å². The highest BCUT2D eigenvalue weighted by atomic mass is 32.1. The second-order valence-electron chi connectivity index (χ2n) is 6.96. The van der Waals surface area contributed by atoms with Crippen LogP contribution in [0, 0.1) is 5.41 Å². The number of nitrogens with one attached hydrogen (secondary N) is 1. The molecular weight excluding hydrogens is 405 g/mol. The molecule has 0 amide bonds. The molecule has 3 rings (SSSR count). The van der Waals surface area contributed by atoms with Crippen molar-refractivity contribution in [2.24, 2.45) is 0 Å². The number of hydrogen-bond acceptors (Lipinski definition) is 6. The molecule has 1 aliphatic rings. The fraction of sp³-hybridized carbons (Fsp3) is 0.250. The fourth-order valence-corrected chi connectivity index (χ4v) is 3.53. The van der Waals surface area contributed by atoms with Gasteiger partial charge in [-0.3, -0.25) is 10.2 Å². The standard InChI is InChI=1S/C20H15F3N2O3S/c1-19(2)8-16(26)14(18(27)28-19)7-12(9-24)17-25-15(10-29-17)11-3-5-13(6-4-11)20(21,22)23/h3-7,10,24H,8H2,1-2H3. The molecule has 0 aliphatic carbocycles. The quantitative estimate of drug-likeness (QED) is 0.338. The highest BCUT2D eigenvalue weighted by Gasteiger charge is 2.37. The third-order valence-corrected chi connectivity index (χ3v) is 5.02. The van der Waals surface area contributed by atoms with Gasteiger partial charge in [0, 0.05) is 10.9 Å². The van der Waals surface area contributed by atoms with Crippen LogP contribution >= 0.6 is 11.3 Å². The van der Waals surface area contributed by atoms with E-state index in [1.54, 1.807) is 19.2 Å². The maximum absolute atomic E-state index is 12.7. The number of allylic oxidation sites excluding steroid dienone is 2. The number of aromatic nitrogens is 1. The molecule has 1 fully saturated rings. The molecule has 0 radical (unpaired) electrons. The van der Waals surface area contributed by atoms with E-state index in [0.717, 1.165) is 23.5 Å². The highest BCUT2D eigenvalue weighted by Crippen LogP contribution is 2.33. The lowest BCUT2D eigenvalue weighted by Gasteiger charge is -2.29. The third-order valence-electron chi connectivity index (χ3n) is 4.14. The van der Waals surface area contributed by atoms with Gasteiger partial charge in [-0.25, -0.2) is 9.78 Å². The van der Waals surface area contributed by atoms with Crippen molar-refractivity contribution in [3.05, 3.63) is 51.9 Å². The first kappa shape index (κ1) is 20.7. The Labute approximate surface area is 168 Å². The summed E-state index contributed by atoms with van der Waals surface area (Å²) in [7, 11) is 0. The topological polar surface area (TPSA) is 80.1 Å². The van der Waals surface area contributed by atoms with Crippen molar-refractivity contribution < 1.29 is 27.5 Å². The minimum absolute atomic E-state index is 0.0184. The lowest BCUT2D eigenvalue weighted by atomic mass is 9.93. The van der Waals surface area contributed by atoms with Crippen molar-refractivity contribution in [1.82, 2.24) is 4.98 Å². The molecule has 2 heterocycles. The summed E-state index contributed by atoms with van der Waals surface area (Å²) >= 11 is 1.12. The molecule has 1 aliphatic heterocycles. The van der Waals surface area contributed by atoms with E-state index in [1.165, 1.54) is 18.2 Å². The number of halogens is 3. The predicted molar refractivity (Wildman–Crippen MR) is 102 cm³/mol. The molecule has 1 aromatic carbocycles. The van der Waals surface area contributed by atoms with Crippen LogP contribution in [0.2, 0.25) is 0 Å². The first-order valence-corrected chi connectivity index (χ1v) is 9.29. The molecule has 0 saturated carbocycles. The van der Waals surface area contributed by atoms with Crippen molar-refractivity contribution in [2.45, 2.75) is 32.0 Å². The zero-order valence-corrected chi connectivity index (χ0v) is 16.2. The zero-order chi connectivity index (χ0) is 21.4. The van der Waals surface area contributed by atoms with Gasteiger partial charge in [-0.1, -0.05) is 12.1 Å². The largest absolute Gasteiger partial charge is 0.455 e. The van der Waals surface area contributed by atoms with E-state index >= 15 is 0 Å². The Balaban J connectivity index is 1.88. The molecule has 0 spiro atoms. The van der Waals surface area contributed by atoms with Crippen LogP contribution in [0.15, 0.2) is 41.3 Å². The maximum Gasteiger partial charge on any atom is 0.416 e. The first-order chi connectivity index (χ1) is 13.5. The number of thiazole rings is 1. The summed E-state index contributed by atoms with van der Waals surface area (Å²) in [6.45, 7) is 3.26. The number of carbonyl (C=O) groups excluding carboxylic acids is 2. The zero-order valence-electron chi connectivity index (χ0n) is 15.4. The van der Waals surface area contributed by atoms with Gasteiger partial charge in [0.15, 0.2) is 5.78 Å². The van der Waals surface area contributed by atoms with Crippen LogP contribution in [0.25, 0.3) is 16.8 Å². The van der Waals surface area contributed by atoms with Gasteiger partial charge < -0.3 is 4.74 Å². The second kappa shape index (κ2) is 7.42. The van der Waals surface area contributed by atoms with E-state index in [-0.39, 0.29) is 17.6 Å². The molecule has 2 aromatic rings. The summed E-state index contributed by atoms with van der Waals surface area (Å²) in [5, 5.41) is 9.39. The number of esters is 1. The lowest BCUT2D eigenvalue weighted by Crippen LogP contribution is -2.39. The molecule has 0 bridgehead atoms. The minimum Gasteiger partial charge on any atom is -0.455 e. The Morgan fingerprint density at radius 2 is 1.93 bits per heavy atom. The van der Waals surface area contributed by atoms with Crippen LogP contribution < -0.4 is 0 Å². The normalized spacial score (nSPS) is 17.8. The van der Waals surface area contributed by atoms with E-state index in [9.17, 15) is 22.8 Å². The van der Waals surface area contributed by atoms with Crippen molar-refractivity contribution in [3.8, 4) is 11.3 Å². The number of ether oxygens (including phenoxy) is 1. The van der Waals surface area contributed by atoms with Gasteiger partial charge in [0.25, 0.3) is 0 Å². The smallest absolute Gasteiger partial charge is 0.416 e. The molecule has 1 saturated heterocycles. The summed E-state index contributed by atoms with van der Waals surface area (Å²) in [5.74, 6) is 0.967. The van der Waals surface area contributed by atoms with Crippen LogP contribution in [0.4, 0.5) is 13.2 Å². The van der Waals surface area contributed by atoms with Crippen LogP contribution in [0.3, 0.4) is 0 Å². The second-order valence-corrected chi connectivity index (χ2v) is 7.82. The average Bonchev–Trinajstić information content (AvgIpc) is 3.09. The van der Waals surface area contributed by atoms with Crippen LogP contribution in [0.1, 0.15) is 30.8 Å². The van der Waals surface area contributed by atoms with Gasteiger partial charge >= 0.3 is 12.1 Å². The molecule has 0 unspecified atom stereocenters. The third kappa shape index (κ3) is 4.52. The lowest BCUT2D eigenvalue weighted by molar-refractivity contribution is -0.159. The van der Waals surface area contributed by atoms with Crippen molar-refractivity contribution in [2.75, 3.05) is 0 Å². The number of Topliss-reactive ketones (excluding diaryl/α,β-unsaturated/α-hetero) is 1. The number of rotatable bonds is 3.